The van der Waals surface area contributed by atoms with E-state index in [1.165, 1.54) is 25.9 Å². The van der Waals surface area contributed by atoms with Gasteiger partial charge in [-0.3, -0.25) is 4.79 Å². The number of nitrogen functional groups attached to an aromatic ring is 1. The Balaban J connectivity index is 1.99. The van der Waals surface area contributed by atoms with Crippen LogP contribution in [0.1, 0.15) is 25.0 Å². The lowest BCUT2D eigenvalue weighted by molar-refractivity contribution is -0.140. The minimum Gasteiger partial charge on any atom is -0.497 e. The number of carbonyl (C=O) groups excluding carboxylic acids is 2. The molecule has 1 heterocycles. The fourth-order valence-corrected chi connectivity index (χ4v) is 3.21. The van der Waals surface area contributed by atoms with Crippen LogP contribution in [0, 0.1) is 5.82 Å². The molecule has 1 saturated heterocycles. The van der Waals surface area contributed by atoms with Gasteiger partial charge >= 0.3 is 12.2 Å². The van der Waals surface area contributed by atoms with Gasteiger partial charge in [-0.2, -0.15) is 13.2 Å². The molecular weight excluding hydrogens is 406 g/mol. The molecular formula is C20H19F4N3O3. The fraction of sp³-hybridized carbons (Fsp3) is 0.300. The van der Waals surface area contributed by atoms with Crippen LogP contribution in [-0.4, -0.2) is 29.5 Å². The normalized spacial score (nSPS) is 16.4. The molecule has 0 atom stereocenters. The predicted octanol–water partition coefficient (Wildman–Crippen LogP) is 4.18. The van der Waals surface area contributed by atoms with E-state index in [9.17, 15) is 27.2 Å². The van der Waals surface area contributed by atoms with Crippen molar-refractivity contribution in [3.05, 3.63) is 53.3 Å². The Morgan fingerprint density at radius 2 is 1.77 bits per heavy atom. The first-order valence-electron chi connectivity index (χ1n) is 8.83. The number of anilines is 2. The van der Waals surface area contributed by atoms with E-state index in [1.807, 2.05) is 0 Å². The molecule has 0 spiro atoms. The van der Waals surface area contributed by atoms with E-state index < -0.39 is 35.0 Å². The Hall–Kier alpha value is -3.30. The van der Waals surface area contributed by atoms with E-state index in [4.69, 9.17) is 10.5 Å². The third-order valence-electron chi connectivity index (χ3n) is 5.02. The molecule has 2 aromatic carbocycles. The molecule has 0 aliphatic carbocycles. The van der Waals surface area contributed by atoms with Gasteiger partial charge in [0.2, 0.25) is 0 Å². The zero-order valence-electron chi connectivity index (χ0n) is 16.4. The molecule has 2 aromatic rings. The zero-order chi connectivity index (χ0) is 22.4. The van der Waals surface area contributed by atoms with E-state index in [1.54, 1.807) is 18.2 Å². The lowest BCUT2D eigenvalue weighted by Crippen LogP contribution is -2.43. The molecule has 0 unspecified atom stereocenters. The monoisotopic (exact) mass is 425 g/mol. The van der Waals surface area contributed by atoms with Gasteiger partial charge in [0.1, 0.15) is 17.1 Å². The number of benzene rings is 2. The Labute approximate surface area is 169 Å². The van der Waals surface area contributed by atoms with Crippen LogP contribution >= 0.6 is 0 Å². The van der Waals surface area contributed by atoms with Crippen LogP contribution < -0.4 is 15.4 Å². The Bertz CT molecular complexity index is 1020. The fourth-order valence-electron chi connectivity index (χ4n) is 3.21. The summed E-state index contributed by atoms with van der Waals surface area (Å²) < 4.78 is 57.9. The molecule has 3 rings (SSSR count). The molecule has 3 amide bonds. The van der Waals surface area contributed by atoms with Crippen molar-refractivity contribution < 1.29 is 31.9 Å². The van der Waals surface area contributed by atoms with Crippen molar-refractivity contribution in [2.75, 3.05) is 17.7 Å². The second-order valence-electron chi connectivity index (χ2n) is 7.29. The van der Waals surface area contributed by atoms with Crippen molar-refractivity contribution in [2.24, 2.45) is 0 Å². The summed E-state index contributed by atoms with van der Waals surface area (Å²) in [5.74, 6) is -1.72. The molecule has 1 aliphatic heterocycles. The molecule has 30 heavy (non-hydrogen) atoms. The quantitative estimate of drug-likeness (QED) is 0.453. The van der Waals surface area contributed by atoms with E-state index in [0.29, 0.717) is 34.0 Å². The van der Waals surface area contributed by atoms with E-state index >= 15 is 0 Å². The van der Waals surface area contributed by atoms with Gasteiger partial charge in [0.15, 0.2) is 0 Å². The third kappa shape index (κ3) is 3.53. The molecule has 160 valence electrons. The highest BCUT2D eigenvalue weighted by Gasteiger charge is 2.52. The highest BCUT2D eigenvalue weighted by molar-refractivity contribution is 6.23. The summed E-state index contributed by atoms with van der Waals surface area (Å²) in [6.45, 7) is 2.89. The van der Waals surface area contributed by atoms with Gasteiger partial charge in [-0.05, 0) is 43.7 Å². The lowest BCUT2D eigenvalue weighted by Gasteiger charge is -2.28. The Kier molecular flexibility index (Phi) is 5.13. The van der Waals surface area contributed by atoms with Crippen molar-refractivity contribution in [3.63, 3.8) is 0 Å². The first kappa shape index (κ1) is 21.4. The predicted molar refractivity (Wildman–Crippen MR) is 101 cm³/mol. The van der Waals surface area contributed by atoms with E-state index in [0.717, 1.165) is 6.07 Å². The number of nitrogens with two attached hydrogens (primary N) is 1. The maximum atomic E-state index is 13.6. The number of alkyl halides is 3. The standard InChI is InChI=1S/C20H19F4N3O3/c1-19(2)17(28)27(12-5-7-15(21)14(8-12)20(22,23)24)18(29)26(19)10-11-4-6-13(30-3)9-16(11)25/h4-9H,10,25H2,1-3H3. The summed E-state index contributed by atoms with van der Waals surface area (Å²) in [4.78, 5) is 27.7. The maximum absolute atomic E-state index is 13.6. The molecule has 1 aliphatic rings. The minimum atomic E-state index is -4.97. The number of hydrogen-bond acceptors (Lipinski definition) is 4. The molecule has 10 heteroatoms. The average molecular weight is 425 g/mol. The van der Waals surface area contributed by atoms with Gasteiger partial charge in [-0.1, -0.05) is 6.07 Å². The highest BCUT2D eigenvalue weighted by atomic mass is 19.4. The topological polar surface area (TPSA) is 75.9 Å². The van der Waals surface area contributed by atoms with E-state index in [2.05, 4.69) is 0 Å². The van der Waals surface area contributed by atoms with Crippen LogP contribution in [0.5, 0.6) is 5.75 Å². The number of carbonyl (C=O) groups is 2. The van der Waals surface area contributed by atoms with E-state index in [-0.39, 0.29) is 12.2 Å². The first-order chi connectivity index (χ1) is 13.9. The molecule has 0 saturated carbocycles. The maximum Gasteiger partial charge on any atom is 0.419 e. The number of amides is 3. The summed E-state index contributed by atoms with van der Waals surface area (Å²) in [5, 5.41) is 0. The van der Waals surface area contributed by atoms with Crippen molar-refractivity contribution in [3.8, 4) is 5.75 Å². The molecule has 0 aromatic heterocycles. The largest absolute Gasteiger partial charge is 0.497 e. The van der Waals surface area contributed by atoms with Crippen LogP contribution in [-0.2, 0) is 17.5 Å². The summed E-state index contributed by atoms with van der Waals surface area (Å²) in [6, 6.07) is 5.97. The number of halogens is 4. The van der Waals surface area contributed by atoms with Crippen molar-refractivity contribution in [1.29, 1.82) is 0 Å². The smallest absolute Gasteiger partial charge is 0.419 e. The van der Waals surface area contributed by atoms with Crippen LogP contribution in [0.4, 0.5) is 33.7 Å². The lowest BCUT2D eigenvalue weighted by atomic mass is 10.0. The van der Waals surface area contributed by atoms with Crippen LogP contribution in [0.25, 0.3) is 0 Å². The number of hydrogen-bond donors (Lipinski definition) is 1. The Morgan fingerprint density at radius 3 is 2.33 bits per heavy atom. The minimum absolute atomic E-state index is 0.0583. The van der Waals surface area contributed by atoms with Gasteiger partial charge in [0.05, 0.1) is 24.9 Å². The third-order valence-corrected chi connectivity index (χ3v) is 5.02. The summed E-state index contributed by atoms with van der Waals surface area (Å²) >= 11 is 0. The van der Waals surface area contributed by atoms with Crippen LogP contribution in [0.3, 0.4) is 0 Å². The van der Waals surface area contributed by atoms with Crippen molar-refractivity contribution >= 4 is 23.3 Å². The molecule has 1 fully saturated rings. The number of methoxy groups -OCH3 is 1. The summed E-state index contributed by atoms with van der Waals surface area (Å²) in [5.41, 5.74) is 3.56. The average Bonchev–Trinajstić information content (AvgIpc) is 2.82. The van der Waals surface area contributed by atoms with Gasteiger partial charge in [0.25, 0.3) is 5.91 Å². The molecule has 6 nitrogen and oxygen atoms in total. The van der Waals surface area contributed by atoms with Crippen LogP contribution in [0.2, 0.25) is 0 Å². The van der Waals surface area contributed by atoms with Gasteiger partial charge in [-0.25, -0.2) is 14.1 Å². The SMILES string of the molecule is COc1ccc(CN2C(=O)N(c3ccc(F)c(C(F)(F)F)c3)C(=O)C2(C)C)c(N)c1. The molecule has 0 radical (unpaired) electrons. The number of imide groups is 1. The van der Waals surface area contributed by atoms with Gasteiger partial charge < -0.3 is 15.4 Å². The number of ether oxygens (including phenoxy) is 1. The molecule has 0 bridgehead atoms. The van der Waals surface area contributed by atoms with Gasteiger partial charge in [-0.15, -0.1) is 0 Å². The van der Waals surface area contributed by atoms with Crippen molar-refractivity contribution in [1.82, 2.24) is 4.90 Å². The zero-order valence-corrected chi connectivity index (χ0v) is 16.4. The van der Waals surface area contributed by atoms with Gasteiger partial charge in [0, 0.05) is 11.8 Å². The first-order valence-corrected chi connectivity index (χ1v) is 8.83. The number of nitrogens with zero attached hydrogens (tertiary/aromatic N) is 2. The number of urea groups is 1. The summed E-state index contributed by atoms with van der Waals surface area (Å²) in [7, 11) is 1.47. The highest BCUT2D eigenvalue weighted by Crippen LogP contribution is 2.38. The molecule has 2 N–H and O–H groups in total. The second-order valence-corrected chi connectivity index (χ2v) is 7.29. The Morgan fingerprint density at radius 1 is 1.10 bits per heavy atom. The number of rotatable bonds is 4. The van der Waals surface area contributed by atoms with Crippen LogP contribution in [0.15, 0.2) is 36.4 Å². The summed E-state index contributed by atoms with van der Waals surface area (Å²) in [6.07, 6.45) is -4.97. The second kappa shape index (κ2) is 7.19. The van der Waals surface area contributed by atoms with Crippen molar-refractivity contribution in [2.45, 2.75) is 32.1 Å².